The summed E-state index contributed by atoms with van der Waals surface area (Å²) >= 11 is 0. The summed E-state index contributed by atoms with van der Waals surface area (Å²) in [7, 11) is 0. The van der Waals surface area contributed by atoms with Gasteiger partial charge in [-0.3, -0.25) is 14.4 Å². The van der Waals surface area contributed by atoms with Crippen LogP contribution < -0.4 is 0 Å². The van der Waals surface area contributed by atoms with Crippen LogP contribution in [0.2, 0.25) is 0 Å². The number of carbonyl (C=O) groups excluding carboxylic acids is 3. The fourth-order valence-electron chi connectivity index (χ4n) is 6.05. The van der Waals surface area contributed by atoms with Crippen LogP contribution in [0.25, 0.3) is 0 Å². The van der Waals surface area contributed by atoms with E-state index < -0.39 is 6.10 Å². The topological polar surface area (TPSA) is 78.9 Å². The van der Waals surface area contributed by atoms with E-state index in [2.05, 4.69) is 57.2 Å². The molecule has 0 fully saturated rings. The molecule has 0 bridgehead atoms. The van der Waals surface area contributed by atoms with Crippen molar-refractivity contribution in [1.29, 1.82) is 0 Å². The number of unbranched alkanes of at least 4 members (excludes halogenated alkanes) is 22. The lowest BCUT2D eigenvalue weighted by Gasteiger charge is -2.18. The minimum atomic E-state index is -0.775. The number of ether oxygens (including phenoxy) is 3. The van der Waals surface area contributed by atoms with E-state index >= 15 is 0 Å². The average Bonchev–Trinajstić information content (AvgIpc) is 3.14. The fourth-order valence-corrected chi connectivity index (χ4v) is 6.05. The number of hydrogen-bond donors (Lipinski definition) is 0. The van der Waals surface area contributed by atoms with Crippen molar-refractivity contribution in [3.63, 3.8) is 0 Å². The van der Waals surface area contributed by atoms with Gasteiger partial charge in [-0.1, -0.05) is 173 Å². The van der Waals surface area contributed by atoms with Crippen LogP contribution in [0.3, 0.4) is 0 Å². The Bertz CT molecular complexity index is 891. The summed E-state index contributed by atoms with van der Waals surface area (Å²) in [5, 5.41) is 0. The maximum Gasteiger partial charge on any atom is 0.306 e. The Balaban J connectivity index is 4.39. The van der Waals surface area contributed by atoms with E-state index in [1.165, 1.54) is 83.5 Å². The van der Waals surface area contributed by atoms with E-state index in [1.54, 1.807) is 0 Å². The van der Waals surface area contributed by atoms with E-state index in [0.717, 1.165) is 96.3 Å². The van der Waals surface area contributed by atoms with Gasteiger partial charge in [-0.15, -0.1) is 0 Å². The monoisotopic (exact) mass is 731 g/mol. The summed E-state index contributed by atoms with van der Waals surface area (Å²) in [6.07, 6.45) is 45.5. The molecule has 0 saturated heterocycles. The maximum atomic E-state index is 12.7. The van der Waals surface area contributed by atoms with Gasteiger partial charge in [0.25, 0.3) is 0 Å². The highest BCUT2D eigenvalue weighted by Crippen LogP contribution is 2.14. The SMILES string of the molecule is CC/C=C\C/C=C\CCCCCCCC(=O)OCC(COC(=O)CCCCCCCCCCCCC)OC(=O)CCCCCCC/C=C\CCCC. The molecule has 6 heteroatoms. The van der Waals surface area contributed by atoms with Crippen LogP contribution in [0.4, 0.5) is 0 Å². The van der Waals surface area contributed by atoms with Gasteiger partial charge >= 0.3 is 17.9 Å². The lowest BCUT2D eigenvalue weighted by molar-refractivity contribution is -0.167. The van der Waals surface area contributed by atoms with Crippen molar-refractivity contribution in [3.05, 3.63) is 36.5 Å². The molecule has 0 aliphatic rings. The van der Waals surface area contributed by atoms with Crippen molar-refractivity contribution in [2.75, 3.05) is 13.2 Å². The largest absolute Gasteiger partial charge is 0.462 e. The molecule has 1 unspecified atom stereocenters. The number of carbonyl (C=O) groups is 3. The van der Waals surface area contributed by atoms with Crippen LogP contribution in [0.5, 0.6) is 0 Å². The Labute approximate surface area is 321 Å². The maximum absolute atomic E-state index is 12.7. The predicted molar refractivity (Wildman–Crippen MR) is 219 cm³/mol. The number of hydrogen-bond acceptors (Lipinski definition) is 6. The van der Waals surface area contributed by atoms with Gasteiger partial charge in [0.1, 0.15) is 13.2 Å². The molecule has 0 spiro atoms. The molecule has 0 amide bonds. The van der Waals surface area contributed by atoms with Crippen molar-refractivity contribution >= 4 is 17.9 Å². The highest BCUT2D eigenvalue weighted by Gasteiger charge is 2.19. The van der Waals surface area contributed by atoms with Crippen LogP contribution >= 0.6 is 0 Å². The predicted octanol–water partition coefficient (Wildman–Crippen LogP) is 13.8. The zero-order valence-electron chi connectivity index (χ0n) is 34.3. The summed E-state index contributed by atoms with van der Waals surface area (Å²) in [6, 6.07) is 0. The van der Waals surface area contributed by atoms with Crippen LogP contribution in [0, 0.1) is 0 Å². The third-order valence-corrected chi connectivity index (χ3v) is 9.38. The van der Waals surface area contributed by atoms with Gasteiger partial charge in [0.05, 0.1) is 0 Å². The lowest BCUT2D eigenvalue weighted by atomic mass is 10.1. The van der Waals surface area contributed by atoms with E-state index in [1.807, 2.05) is 0 Å². The van der Waals surface area contributed by atoms with Gasteiger partial charge in [-0.25, -0.2) is 0 Å². The Hall–Kier alpha value is -2.37. The van der Waals surface area contributed by atoms with Crippen LogP contribution in [0.15, 0.2) is 36.5 Å². The molecule has 6 nitrogen and oxygen atoms in total. The molecule has 1 atom stereocenters. The summed E-state index contributed by atoms with van der Waals surface area (Å²) in [5.41, 5.74) is 0. The molecule has 0 saturated carbocycles. The first-order valence-corrected chi connectivity index (χ1v) is 22.0. The first-order valence-electron chi connectivity index (χ1n) is 22.0. The van der Waals surface area contributed by atoms with Crippen molar-refractivity contribution in [2.45, 2.75) is 226 Å². The molecular weight excluding hydrogens is 648 g/mol. The Morgan fingerprint density at radius 1 is 0.404 bits per heavy atom. The van der Waals surface area contributed by atoms with E-state index in [9.17, 15) is 14.4 Å². The molecule has 0 aliphatic carbocycles. The molecule has 0 aromatic heterocycles. The molecule has 0 N–H and O–H groups in total. The second-order valence-electron chi connectivity index (χ2n) is 14.6. The zero-order chi connectivity index (χ0) is 38.0. The minimum absolute atomic E-state index is 0.0784. The summed E-state index contributed by atoms with van der Waals surface area (Å²) < 4.78 is 16.7. The quantitative estimate of drug-likeness (QED) is 0.0271. The van der Waals surface area contributed by atoms with E-state index in [4.69, 9.17) is 14.2 Å². The third kappa shape index (κ3) is 38.9. The van der Waals surface area contributed by atoms with Crippen molar-refractivity contribution < 1.29 is 28.6 Å². The zero-order valence-corrected chi connectivity index (χ0v) is 34.3. The molecule has 52 heavy (non-hydrogen) atoms. The molecule has 0 rings (SSSR count). The highest BCUT2D eigenvalue weighted by atomic mass is 16.6. The average molecular weight is 731 g/mol. The van der Waals surface area contributed by atoms with Gasteiger partial charge in [0.15, 0.2) is 6.10 Å². The molecule has 0 aromatic carbocycles. The second-order valence-corrected chi connectivity index (χ2v) is 14.6. The Morgan fingerprint density at radius 3 is 1.23 bits per heavy atom. The standard InChI is InChI=1S/C46H82O6/c1-4-7-10-13-16-19-22-25-27-30-33-36-39-45(48)51-42-43(52-46(49)40-37-34-31-28-24-21-18-15-12-9-6-3)41-50-44(47)38-35-32-29-26-23-20-17-14-11-8-5-2/h7,10,15-16,18-19,43H,4-6,8-9,11-14,17,20-42H2,1-3H3/b10-7-,18-15-,19-16-. The smallest absolute Gasteiger partial charge is 0.306 e. The third-order valence-electron chi connectivity index (χ3n) is 9.38. The molecule has 0 aromatic rings. The minimum Gasteiger partial charge on any atom is -0.462 e. The summed E-state index contributed by atoms with van der Waals surface area (Å²) in [6.45, 7) is 6.45. The Kier molecular flexibility index (Phi) is 39.5. The van der Waals surface area contributed by atoms with Gasteiger partial charge in [0, 0.05) is 19.3 Å². The van der Waals surface area contributed by atoms with Crippen LogP contribution in [0.1, 0.15) is 220 Å². The molecule has 0 aliphatic heterocycles. The molecule has 0 radical (unpaired) electrons. The number of rotatable bonds is 39. The van der Waals surface area contributed by atoms with Crippen molar-refractivity contribution in [3.8, 4) is 0 Å². The highest BCUT2D eigenvalue weighted by molar-refractivity contribution is 5.71. The Morgan fingerprint density at radius 2 is 0.769 bits per heavy atom. The molecular formula is C46H82O6. The number of esters is 3. The van der Waals surface area contributed by atoms with Crippen LogP contribution in [-0.4, -0.2) is 37.2 Å². The summed E-state index contributed by atoms with van der Waals surface area (Å²) in [5.74, 6) is -0.905. The first-order chi connectivity index (χ1) is 25.5. The summed E-state index contributed by atoms with van der Waals surface area (Å²) in [4.78, 5) is 37.6. The van der Waals surface area contributed by atoms with Gasteiger partial charge in [0.2, 0.25) is 0 Å². The van der Waals surface area contributed by atoms with Crippen molar-refractivity contribution in [1.82, 2.24) is 0 Å². The van der Waals surface area contributed by atoms with E-state index in [0.29, 0.717) is 19.3 Å². The van der Waals surface area contributed by atoms with Gasteiger partial charge in [-0.2, -0.15) is 0 Å². The second kappa shape index (κ2) is 41.4. The van der Waals surface area contributed by atoms with Gasteiger partial charge < -0.3 is 14.2 Å². The van der Waals surface area contributed by atoms with Crippen molar-refractivity contribution in [2.24, 2.45) is 0 Å². The normalized spacial score (nSPS) is 12.3. The van der Waals surface area contributed by atoms with Crippen LogP contribution in [-0.2, 0) is 28.6 Å². The number of allylic oxidation sites excluding steroid dienone is 6. The van der Waals surface area contributed by atoms with E-state index in [-0.39, 0.29) is 31.1 Å². The fraction of sp³-hybridized carbons (Fsp3) is 0.804. The molecule has 0 heterocycles. The lowest BCUT2D eigenvalue weighted by Crippen LogP contribution is -2.30. The van der Waals surface area contributed by atoms with Gasteiger partial charge in [-0.05, 0) is 64.2 Å². The first kappa shape index (κ1) is 49.6. The molecule has 302 valence electrons.